The SMILES string of the molecule is CCc1cccc(CC)c1-c1nc(C)c(CN(C)[C@@H]2CCCc3ccccc32)c(OC)n1. The third kappa shape index (κ3) is 4.29. The quantitative estimate of drug-likeness (QED) is 0.455. The second-order valence-corrected chi connectivity index (χ2v) is 8.80. The Morgan fingerprint density at radius 3 is 2.41 bits per heavy atom. The average Bonchev–Trinajstić information content (AvgIpc) is 2.83. The summed E-state index contributed by atoms with van der Waals surface area (Å²) < 4.78 is 5.82. The number of fused-ring (bicyclic) bond motifs is 1. The van der Waals surface area contributed by atoms with Crippen LogP contribution in [0.25, 0.3) is 11.4 Å². The minimum atomic E-state index is 0.413. The first-order valence-electron chi connectivity index (χ1n) is 11.9. The molecule has 3 aromatic rings. The number of aromatic nitrogens is 2. The lowest BCUT2D eigenvalue weighted by Gasteiger charge is -2.33. The molecule has 0 amide bonds. The predicted octanol–water partition coefficient (Wildman–Crippen LogP) is 6.09. The smallest absolute Gasteiger partial charge is 0.221 e. The Labute approximate surface area is 192 Å². The summed E-state index contributed by atoms with van der Waals surface area (Å²) in [5.41, 5.74) is 8.75. The van der Waals surface area contributed by atoms with Crippen molar-refractivity contribution in [1.82, 2.24) is 14.9 Å². The second-order valence-electron chi connectivity index (χ2n) is 8.80. The van der Waals surface area contributed by atoms with Crippen molar-refractivity contribution >= 4 is 0 Å². The molecule has 0 aliphatic heterocycles. The fraction of sp³-hybridized carbons (Fsp3) is 0.429. The summed E-state index contributed by atoms with van der Waals surface area (Å²) in [6, 6.07) is 15.8. The molecule has 4 rings (SSSR count). The highest BCUT2D eigenvalue weighted by Gasteiger charge is 2.26. The summed E-state index contributed by atoms with van der Waals surface area (Å²) in [6.07, 6.45) is 5.50. The number of rotatable bonds is 7. The van der Waals surface area contributed by atoms with Gasteiger partial charge in [0.15, 0.2) is 5.82 Å². The molecule has 0 saturated carbocycles. The molecular formula is C28H35N3O. The van der Waals surface area contributed by atoms with Crippen LogP contribution in [0.1, 0.15) is 66.2 Å². The summed E-state index contributed by atoms with van der Waals surface area (Å²) in [7, 11) is 3.93. The maximum atomic E-state index is 5.82. The summed E-state index contributed by atoms with van der Waals surface area (Å²) in [5.74, 6) is 1.47. The summed E-state index contributed by atoms with van der Waals surface area (Å²) in [6.45, 7) is 7.23. The summed E-state index contributed by atoms with van der Waals surface area (Å²) in [4.78, 5) is 12.3. The molecule has 168 valence electrons. The molecule has 0 saturated heterocycles. The van der Waals surface area contributed by atoms with E-state index in [1.54, 1.807) is 7.11 Å². The number of hydrogen-bond acceptors (Lipinski definition) is 4. The lowest BCUT2D eigenvalue weighted by molar-refractivity contribution is 0.209. The van der Waals surface area contributed by atoms with Gasteiger partial charge in [-0.05, 0) is 68.3 Å². The first-order valence-corrected chi connectivity index (χ1v) is 11.9. The lowest BCUT2D eigenvalue weighted by atomic mass is 9.87. The van der Waals surface area contributed by atoms with Crippen LogP contribution >= 0.6 is 0 Å². The van der Waals surface area contributed by atoms with Crippen LogP contribution in [-0.4, -0.2) is 29.0 Å². The third-order valence-corrected chi connectivity index (χ3v) is 6.87. The van der Waals surface area contributed by atoms with Gasteiger partial charge in [-0.15, -0.1) is 0 Å². The molecule has 1 atom stereocenters. The zero-order chi connectivity index (χ0) is 22.7. The Morgan fingerprint density at radius 2 is 1.72 bits per heavy atom. The van der Waals surface area contributed by atoms with Gasteiger partial charge >= 0.3 is 0 Å². The van der Waals surface area contributed by atoms with Crippen LogP contribution in [0.4, 0.5) is 0 Å². The van der Waals surface area contributed by atoms with Crippen LogP contribution in [0, 0.1) is 6.92 Å². The molecule has 1 aromatic heterocycles. The van der Waals surface area contributed by atoms with Gasteiger partial charge in [0.2, 0.25) is 5.88 Å². The lowest BCUT2D eigenvalue weighted by Crippen LogP contribution is -2.28. The highest BCUT2D eigenvalue weighted by molar-refractivity contribution is 5.66. The van der Waals surface area contributed by atoms with Gasteiger partial charge in [-0.3, -0.25) is 4.90 Å². The molecule has 2 aromatic carbocycles. The van der Waals surface area contributed by atoms with Crippen molar-refractivity contribution in [3.05, 3.63) is 76.0 Å². The van der Waals surface area contributed by atoms with Crippen molar-refractivity contribution in [1.29, 1.82) is 0 Å². The van der Waals surface area contributed by atoms with Crippen molar-refractivity contribution in [2.75, 3.05) is 14.2 Å². The monoisotopic (exact) mass is 429 g/mol. The third-order valence-electron chi connectivity index (χ3n) is 6.87. The van der Waals surface area contributed by atoms with Gasteiger partial charge in [-0.1, -0.05) is 56.3 Å². The van der Waals surface area contributed by atoms with Gasteiger partial charge in [0.25, 0.3) is 0 Å². The average molecular weight is 430 g/mol. The molecule has 0 N–H and O–H groups in total. The largest absolute Gasteiger partial charge is 0.481 e. The topological polar surface area (TPSA) is 38.2 Å². The molecule has 0 spiro atoms. The molecule has 32 heavy (non-hydrogen) atoms. The molecule has 0 bridgehead atoms. The molecule has 1 aliphatic carbocycles. The molecule has 0 fully saturated rings. The highest BCUT2D eigenvalue weighted by atomic mass is 16.5. The molecule has 4 nitrogen and oxygen atoms in total. The molecule has 1 aliphatic rings. The maximum absolute atomic E-state index is 5.82. The summed E-state index contributed by atoms with van der Waals surface area (Å²) >= 11 is 0. The van der Waals surface area contributed by atoms with Crippen LogP contribution in [0.15, 0.2) is 42.5 Å². The number of methoxy groups -OCH3 is 1. The number of aryl methyl sites for hydroxylation is 4. The van der Waals surface area contributed by atoms with Gasteiger partial charge in [0, 0.05) is 29.4 Å². The Morgan fingerprint density at radius 1 is 1.00 bits per heavy atom. The molecule has 0 radical (unpaired) electrons. The van der Waals surface area contributed by atoms with E-state index < -0.39 is 0 Å². The minimum absolute atomic E-state index is 0.413. The Balaban J connectivity index is 1.69. The molecular weight excluding hydrogens is 394 g/mol. The van der Waals surface area contributed by atoms with Crippen molar-refractivity contribution in [2.24, 2.45) is 0 Å². The fourth-order valence-electron chi connectivity index (χ4n) is 5.11. The molecule has 0 unspecified atom stereocenters. The Hall–Kier alpha value is -2.72. The van der Waals surface area contributed by atoms with Gasteiger partial charge in [0.05, 0.1) is 7.11 Å². The fourth-order valence-corrected chi connectivity index (χ4v) is 5.11. The molecule has 1 heterocycles. The number of hydrogen-bond donors (Lipinski definition) is 0. The van der Waals surface area contributed by atoms with Crippen molar-refractivity contribution in [3.8, 4) is 17.3 Å². The molecule has 4 heteroatoms. The Bertz CT molecular complexity index is 1070. The minimum Gasteiger partial charge on any atom is -0.481 e. The van der Waals surface area contributed by atoms with Gasteiger partial charge in [-0.25, -0.2) is 4.98 Å². The zero-order valence-corrected chi connectivity index (χ0v) is 20.1. The number of ether oxygens (including phenoxy) is 1. The Kier molecular flexibility index (Phi) is 6.90. The van der Waals surface area contributed by atoms with E-state index in [1.807, 2.05) is 0 Å². The van der Waals surface area contributed by atoms with Crippen molar-refractivity contribution < 1.29 is 4.74 Å². The van der Waals surface area contributed by atoms with E-state index in [2.05, 4.69) is 75.2 Å². The normalized spacial score (nSPS) is 15.6. The van der Waals surface area contributed by atoms with E-state index >= 15 is 0 Å². The van der Waals surface area contributed by atoms with E-state index in [9.17, 15) is 0 Å². The van der Waals surface area contributed by atoms with Crippen LogP contribution in [-0.2, 0) is 25.8 Å². The second kappa shape index (κ2) is 9.83. The van der Waals surface area contributed by atoms with Gasteiger partial charge in [-0.2, -0.15) is 4.98 Å². The van der Waals surface area contributed by atoms with Crippen LogP contribution in [0.5, 0.6) is 5.88 Å². The van der Waals surface area contributed by atoms with Gasteiger partial charge < -0.3 is 4.74 Å². The maximum Gasteiger partial charge on any atom is 0.221 e. The standard InChI is InChI=1S/C28H35N3O/c1-6-20-13-10-14-21(7-2)26(20)27-29-19(3)24(28(30-27)32-5)18-31(4)25-17-11-15-22-12-8-9-16-23(22)25/h8-10,12-14,16,25H,6-7,11,15,17-18H2,1-5H3/t25-/m1/s1. The van der Waals surface area contributed by atoms with E-state index in [4.69, 9.17) is 14.7 Å². The zero-order valence-electron chi connectivity index (χ0n) is 20.1. The van der Waals surface area contributed by atoms with E-state index in [1.165, 1.54) is 47.1 Å². The first kappa shape index (κ1) is 22.5. The number of benzene rings is 2. The van der Waals surface area contributed by atoms with Crippen LogP contribution in [0.3, 0.4) is 0 Å². The van der Waals surface area contributed by atoms with Crippen LogP contribution in [0.2, 0.25) is 0 Å². The predicted molar refractivity (Wildman–Crippen MR) is 131 cm³/mol. The van der Waals surface area contributed by atoms with E-state index in [0.717, 1.165) is 36.5 Å². The highest BCUT2D eigenvalue weighted by Crippen LogP contribution is 2.36. The van der Waals surface area contributed by atoms with Crippen molar-refractivity contribution in [2.45, 2.75) is 65.5 Å². The van der Waals surface area contributed by atoms with E-state index in [0.29, 0.717) is 11.9 Å². The van der Waals surface area contributed by atoms with E-state index in [-0.39, 0.29) is 0 Å². The first-order chi connectivity index (χ1) is 15.6. The van der Waals surface area contributed by atoms with Gasteiger partial charge in [0.1, 0.15) is 0 Å². The van der Waals surface area contributed by atoms with Crippen LogP contribution < -0.4 is 4.74 Å². The summed E-state index contributed by atoms with van der Waals surface area (Å²) in [5, 5.41) is 0. The number of nitrogens with zero attached hydrogens (tertiary/aromatic N) is 3. The van der Waals surface area contributed by atoms with Crippen molar-refractivity contribution in [3.63, 3.8) is 0 Å².